The van der Waals surface area contributed by atoms with Crippen molar-refractivity contribution in [3.05, 3.63) is 54.1 Å². The standard InChI is InChI=1S/C22H26N2O4S/c1-24(29(26,27)20-11-9-19(28-2)10-12-20)18-7-5-16(6-8-18)22(25)23-21-14-15-3-4-17(21)13-15/h5-12,15,17,21H,3-4,13-14H2,1-2H3,(H,23,25)/t15-,17-,21-/m1/s1. The third-order valence-electron chi connectivity index (χ3n) is 6.27. The highest BCUT2D eigenvalue weighted by Gasteiger charge is 2.40. The van der Waals surface area contributed by atoms with Gasteiger partial charge in [0.2, 0.25) is 0 Å². The van der Waals surface area contributed by atoms with Crippen LogP contribution in [0.5, 0.6) is 5.75 Å². The van der Waals surface area contributed by atoms with Gasteiger partial charge < -0.3 is 10.1 Å². The van der Waals surface area contributed by atoms with Crippen molar-refractivity contribution in [1.82, 2.24) is 5.32 Å². The van der Waals surface area contributed by atoms with Gasteiger partial charge in [-0.2, -0.15) is 0 Å². The van der Waals surface area contributed by atoms with Crippen LogP contribution >= 0.6 is 0 Å². The Labute approximate surface area is 171 Å². The molecule has 7 heteroatoms. The number of methoxy groups -OCH3 is 1. The second-order valence-electron chi connectivity index (χ2n) is 7.95. The number of anilines is 1. The van der Waals surface area contributed by atoms with Crippen LogP contribution in [-0.2, 0) is 10.0 Å². The van der Waals surface area contributed by atoms with Crippen molar-refractivity contribution < 1.29 is 17.9 Å². The predicted octanol–water partition coefficient (Wildman–Crippen LogP) is 3.44. The van der Waals surface area contributed by atoms with E-state index in [1.807, 2.05) is 0 Å². The van der Waals surface area contributed by atoms with Crippen LogP contribution in [0, 0.1) is 11.8 Å². The van der Waals surface area contributed by atoms with E-state index < -0.39 is 10.0 Å². The van der Waals surface area contributed by atoms with Gasteiger partial charge in [0.15, 0.2) is 0 Å². The normalized spacial score (nSPS) is 23.0. The van der Waals surface area contributed by atoms with Crippen molar-refractivity contribution in [2.45, 2.75) is 36.6 Å². The van der Waals surface area contributed by atoms with Gasteiger partial charge in [-0.15, -0.1) is 0 Å². The molecule has 6 nitrogen and oxygen atoms in total. The zero-order valence-electron chi connectivity index (χ0n) is 16.7. The van der Waals surface area contributed by atoms with Gasteiger partial charge in [-0.25, -0.2) is 8.42 Å². The topological polar surface area (TPSA) is 75.7 Å². The molecule has 2 aliphatic carbocycles. The van der Waals surface area contributed by atoms with Gasteiger partial charge in [0.1, 0.15) is 5.75 Å². The molecule has 1 amide bonds. The van der Waals surface area contributed by atoms with Crippen LogP contribution in [-0.4, -0.2) is 34.5 Å². The summed E-state index contributed by atoms with van der Waals surface area (Å²) >= 11 is 0. The Hall–Kier alpha value is -2.54. The van der Waals surface area contributed by atoms with Gasteiger partial charge in [-0.3, -0.25) is 9.10 Å². The Morgan fingerprint density at radius 2 is 1.72 bits per heavy atom. The number of amides is 1. The van der Waals surface area contributed by atoms with Gasteiger partial charge in [0, 0.05) is 18.7 Å². The summed E-state index contributed by atoms with van der Waals surface area (Å²) in [5.74, 6) is 1.89. The summed E-state index contributed by atoms with van der Waals surface area (Å²) in [7, 11) is -0.661. The SMILES string of the molecule is COc1ccc(S(=O)(=O)N(C)c2ccc(C(=O)N[C@@H]3C[C@@H]4CC[C@@H]3C4)cc2)cc1. The molecule has 3 atom stereocenters. The molecule has 2 fully saturated rings. The van der Waals surface area contributed by atoms with E-state index in [2.05, 4.69) is 5.32 Å². The van der Waals surface area contributed by atoms with Gasteiger partial charge in [0.25, 0.3) is 15.9 Å². The van der Waals surface area contributed by atoms with E-state index in [1.54, 1.807) is 36.4 Å². The number of benzene rings is 2. The summed E-state index contributed by atoms with van der Waals surface area (Å²) < 4.78 is 32.0. The monoisotopic (exact) mass is 414 g/mol. The summed E-state index contributed by atoms with van der Waals surface area (Å²) in [6, 6.07) is 13.2. The lowest BCUT2D eigenvalue weighted by molar-refractivity contribution is 0.0923. The molecule has 2 saturated carbocycles. The number of rotatable bonds is 6. The highest BCUT2D eigenvalue weighted by atomic mass is 32.2. The Morgan fingerprint density at radius 3 is 2.28 bits per heavy atom. The van der Waals surface area contributed by atoms with Crippen molar-refractivity contribution in [3.63, 3.8) is 0 Å². The lowest BCUT2D eigenvalue weighted by atomic mass is 9.95. The molecule has 0 unspecified atom stereocenters. The number of nitrogens with zero attached hydrogens (tertiary/aromatic N) is 1. The van der Waals surface area contributed by atoms with Gasteiger partial charge in [-0.1, -0.05) is 6.42 Å². The van der Waals surface area contributed by atoms with Crippen LogP contribution < -0.4 is 14.4 Å². The van der Waals surface area contributed by atoms with Gasteiger partial charge in [0.05, 0.1) is 17.7 Å². The average molecular weight is 415 g/mol. The minimum atomic E-state index is -3.70. The quantitative estimate of drug-likeness (QED) is 0.786. The van der Waals surface area contributed by atoms with E-state index in [4.69, 9.17) is 4.74 Å². The molecule has 0 heterocycles. The van der Waals surface area contributed by atoms with Crippen LogP contribution in [0.3, 0.4) is 0 Å². The number of fused-ring (bicyclic) bond motifs is 2. The molecule has 2 aromatic rings. The molecule has 4 rings (SSSR count). The Bertz CT molecular complexity index is 986. The van der Waals surface area contributed by atoms with Gasteiger partial charge in [-0.05, 0) is 79.6 Å². The van der Waals surface area contributed by atoms with E-state index in [9.17, 15) is 13.2 Å². The minimum Gasteiger partial charge on any atom is -0.497 e. The average Bonchev–Trinajstić information content (AvgIpc) is 3.36. The van der Waals surface area contributed by atoms with Gasteiger partial charge >= 0.3 is 0 Å². The molecule has 29 heavy (non-hydrogen) atoms. The molecule has 0 saturated heterocycles. The molecule has 0 radical (unpaired) electrons. The van der Waals surface area contributed by atoms with Crippen LogP contribution in [0.25, 0.3) is 0 Å². The number of carbonyl (C=O) groups excluding carboxylic acids is 1. The minimum absolute atomic E-state index is 0.0882. The first kappa shape index (κ1) is 19.8. The maximum atomic E-state index is 12.9. The summed E-state index contributed by atoms with van der Waals surface area (Å²) in [5.41, 5.74) is 1.05. The number of carbonyl (C=O) groups is 1. The predicted molar refractivity (Wildman–Crippen MR) is 112 cm³/mol. The van der Waals surface area contributed by atoms with Crippen molar-refractivity contribution in [2.75, 3.05) is 18.5 Å². The van der Waals surface area contributed by atoms with E-state index in [1.165, 1.54) is 49.9 Å². The number of hydrogen-bond acceptors (Lipinski definition) is 4. The number of sulfonamides is 1. The first-order chi connectivity index (χ1) is 13.9. The zero-order valence-corrected chi connectivity index (χ0v) is 17.5. The molecular formula is C22H26N2O4S. The maximum Gasteiger partial charge on any atom is 0.264 e. The molecule has 1 N–H and O–H groups in total. The molecule has 154 valence electrons. The largest absolute Gasteiger partial charge is 0.497 e. The van der Waals surface area contributed by atoms with Crippen molar-refractivity contribution in [2.24, 2.45) is 11.8 Å². The van der Waals surface area contributed by atoms with Crippen molar-refractivity contribution in [3.8, 4) is 5.75 Å². The third-order valence-corrected chi connectivity index (χ3v) is 8.07. The van der Waals surface area contributed by atoms with Crippen molar-refractivity contribution in [1.29, 1.82) is 0 Å². The Kier molecular flexibility index (Phi) is 5.25. The van der Waals surface area contributed by atoms with E-state index in [-0.39, 0.29) is 16.8 Å². The second kappa shape index (κ2) is 7.71. The molecule has 2 aliphatic rings. The number of nitrogens with one attached hydrogen (secondary N) is 1. The highest BCUT2D eigenvalue weighted by molar-refractivity contribution is 7.92. The maximum absolute atomic E-state index is 12.9. The Morgan fingerprint density at radius 1 is 1.03 bits per heavy atom. The third kappa shape index (κ3) is 3.83. The molecule has 0 spiro atoms. The number of ether oxygens (including phenoxy) is 1. The van der Waals surface area contributed by atoms with Crippen LogP contribution in [0.4, 0.5) is 5.69 Å². The summed E-state index contributed by atoms with van der Waals surface area (Å²) in [6.45, 7) is 0. The van der Waals surface area contributed by atoms with Crippen LogP contribution in [0.1, 0.15) is 36.0 Å². The number of hydrogen-bond donors (Lipinski definition) is 1. The first-order valence-electron chi connectivity index (χ1n) is 9.92. The summed E-state index contributed by atoms with van der Waals surface area (Å²) in [6.07, 6.45) is 4.82. The Balaban J connectivity index is 1.45. The highest BCUT2D eigenvalue weighted by Crippen LogP contribution is 2.44. The molecule has 2 aromatic carbocycles. The second-order valence-corrected chi connectivity index (χ2v) is 9.92. The summed E-state index contributed by atoms with van der Waals surface area (Å²) in [5, 5.41) is 3.16. The first-order valence-corrected chi connectivity index (χ1v) is 11.4. The smallest absolute Gasteiger partial charge is 0.264 e. The molecule has 0 aromatic heterocycles. The van der Waals surface area contributed by atoms with Crippen molar-refractivity contribution >= 4 is 21.6 Å². The summed E-state index contributed by atoms with van der Waals surface area (Å²) in [4.78, 5) is 12.8. The fraction of sp³-hybridized carbons (Fsp3) is 0.409. The van der Waals surface area contributed by atoms with E-state index in [0.717, 1.165) is 12.3 Å². The lowest BCUT2D eigenvalue weighted by Gasteiger charge is -2.23. The molecule has 0 aliphatic heterocycles. The lowest BCUT2D eigenvalue weighted by Crippen LogP contribution is -2.38. The fourth-order valence-electron chi connectivity index (χ4n) is 4.54. The fourth-order valence-corrected chi connectivity index (χ4v) is 5.74. The van der Waals surface area contributed by atoms with Crippen LogP contribution in [0.2, 0.25) is 0 Å². The van der Waals surface area contributed by atoms with E-state index in [0.29, 0.717) is 22.9 Å². The van der Waals surface area contributed by atoms with Crippen LogP contribution in [0.15, 0.2) is 53.4 Å². The zero-order chi connectivity index (χ0) is 20.6. The van der Waals surface area contributed by atoms with E-state index >= 15 is 0 Å². The molecule has 2 bridgehead atoms. The molecular weight excluding hydrogens is 388 g/mol.